The quantitative estimate of drug-likeness (QED) is 0.425. The minimum atomic E-state index is -4.02. The van der Waals surface area contributed by atoms with Crippen molar-refractivity contribution in [1.82, 2.24) is 0 Å². The Morgan fingerprint density at radius 3 is 2.20 bits per heavy atom. The molecule has 0 bridgehead atoms. The van der Waals surface area contributed by atoms with Crippen LogP contribution in [0.25, 0.3) is 0 Å². The highest BCUT2D eigenvalue weighted by atomic mass is 31.2. The van der Waals surface area contributed by atoms with Crippen LogP contribution in [0, 0.1) is 0 Å². The fourth-order valence-electron chi connectivity index (χ4n) is 0.304. The van der Waals surface area contributed by atoms with E-state index in [1.54, 1.807) is 6.08 Å². The molecule has 5 heteroatoms. The summed E-state index contributed by atoms with van der Waals surface area (Å²) >= 11 is 0. The first kappa shape index (κ1) is 10.0. The van der Waals surface area contributed by atoms with E-state index in [0.29, 0.717) is 0 Å². The van der Waals surface area contributed by atoms with Crippen molar-refractivity contribution in [2.75, 3.05) is 6.61 Å². The molecule has 0 heterocycles. The second kappa shape index (κ2) is 4.01. The molecule has 0 radical (unpaired) electrons. The van der Waals surface area contributed by atoms with Gasteiger partial charge >= 0.3 is 8.17 Å². The molecule has 0 amide bonds. The SMILES string of the molecule is CC(C)=CCO[P+](O)(O)O. The molecule has 4 nitrogen and oxygen atoms in total. The van der Waals surface area contributed by atoms with Crippen molar-refractivity contribution in [3.63, 3.8) is 0 Å². The molecule has 0 aliphatic rings. The Bertz CT molecular complexity index is 122. The van der Waals surface area contributed by atoms with Gasteiger partial charge in [-0.05, 0) is 13.8 Å². The van der Waals surface area contributed by atoms with E-state index >= 15 is 0 Å². The van der Waals surface area contributed by atoms with Crippen molar-refractivity contribution >= 4 is 8.17 Å². The second-order valence-corrected chi connectivity index (χ2v) is 3.38. The van der Waals surface area contributed by atoms with Gasteiger partial charge in [-0.2, -0.15) is 14.7 Å². The summed E-state index contributed by atoms with van der Waals surface area (Å²) in [6.45, 7) is 3.71. The highest BCUT2D eigenvalue weighted by molar-refractivity contribution is 7.53. The Hall–Kier alpha value is 0.0100. The molecule has 0 aliphatic heterocycles. The zero-order valence-corrected chi connectivity index (χ0v) is 6.88. The Labute approximate surface area is 60.4 Å². The maximum atomic E-state index is 8.30. The monoisotopic (exact) mass is 167 g/mol. The zero-order valence-electron chi connectivity index (χ0n) is 5.98. The van der Waals surface area contributed by atoms with Gasteiger partial charge in [0.2, 0.25) is 0 Å². The molecule has 10 heavy (non-hydrogen) atoms. The van der Waals surface area contributed by atoms with Crippen LogP contribution in [0.15, 0.2) is 11.6 Å². The molecule has 0 saturated carbocycles. The summed E-state index contributed by atoms with van der Waals surface area (Å²) in [4.78, 5) is 24.9. The third kappa shape index (κ3) is 8.01. The van der Waals surface area contributed by atoms with Gasteiger partial charge in [-0.15, -0.1) is 4.52 Å². The van der Waals surface area contributed by atoms with Gasteiger partial charge in [0.25, 0.3) is 0 Å². The van der Waals surface area contributed by atoms with Crippen molar-refractivity contribution in [3.8, 4) is 0 Å². The lowest BCUT2D eigenvalue weighted by Gasteiger charge is -1.98. The van der Waals surface area contributed by atoms with Gasteiger partial charge in [0.05, 0.1) is 0 Å². The zero-order chi connectivity index (χ0) is 8.20. The van der Waals surface area contributed by atoms with Gasteiger partial charge < -0.3 is 0 Å². The van der Waals surface area contributed by atoms with Gasteiger partial charge in [0, 0.05) is 0 Å². The van der Waals surface area contributed by atoms with E-state index in [1.807, 2.05) is 13.8 Å². The Balaban J connectivity index is 3.47. The molecule has 3 N–H and O–H groups in total. The average Bonchev–Trinajstić information content (AvgIpc) is 1.59. The lowest BCUT2D eigenvalue weighted by molar-refractivity contribution is 0.176. The summed E-state index contributed by atoms with van der Waals surface area (Å²) < 4.78 is 4.24. The lowest BCUT2D eigenvalue weighted by Crippen LogP contribution is -1.94. The first-order valence-corrected chi connectivity index (χ1v) is 4.33. The van der Waals surface area contributed by atoms with Crippen LogP contribution in [0.1, 0.15) is 13.8 Å². The predicted octanol–water partition coefficient (Wildman–Crippen LogP) is 0.624. The van der Waals surface area contributed by atoms with E-state index in [2.05, 4.69) is 4.52 Å². The van der Waals surface area contributed by atoms with Gasteiger partial charge in [-0.3, -0.25) is 0 Å². The third-order valence-corrected chi connectivity index (χ3v) is 1.23. The van der Waals surface area contributed by atoms with Gasteiger partial charge in [0.1, 0.15) is 6.61 Å². The minimum absolute atomic E-state index is 0.0274. The number of hydrogen-bond donors (Lipinski definition) is 3. The summed E-state index contributed by atoms with van der Waals surface area (Å²) in [5.74, 6) is 0. The average molecular weight is 167 g/mol. The van der Waals surface area contributed by atoms with Crippen molar-refractivity contribution in [1.29, 1.82) is 0 Å². The van der Waals surface area contributed by atoms with E-state index in [4.69, 9.17) is 14.7 Å². The molecule has 0 unspecified atom stereocenters. The Morgan fingerprint density at radius 2 is 1.90 bits per heavy atom. The number of allylic oxidation sites excluding steroid dienone is 1. The molecule has 0 atom stereocenters. The molecule has 0 aliphatic carbocycles. The van der Waals surface area contributed by atoms with E-state index < -0.39 is 8.17 Å². The normalized spacial score (nSPS) is 11.3. The number of rotatable bonds is 3. The number of hydrogen-bond acceptors (Lipinski definition) is 4. The standard InChI is InChI=1S/C5H12O4P/c1-5(2)3-4-9-10(6,7)8/h3,6-8H,4H2,1-2H3/q+1. The van der Waals surface area contributed by atoms with Crippen molar-refractivity contribution in [2.24, 2.45) is 0 Å². The fraction of sp³-hybridized carbons (Fsp3) is 0.600. The maximum absolute atomic E-state index is 8.30. The highest BCUT2D eigenvalue weighted by Crippen LogP contribution is 2.45. The molecule has 0 spiro atoms. The molecular weight excluding hydrogens is 155 g/mol. The molecule has 0 aromatic heterocycles. The molecule has 0 rings (SSSR count). The molecular formula is C5H12O4P+. The third-order valence-electron chi connectivity index (χ3n) is 0.739. The topological polar surface area (TPSA) is 69.9 Å². The van der Waals surface area contributed by atoms with E-state index in [9.17, 15) is 0 Å². The van der Waals surface area contributed by atoms with Gasteiger partial charge in [0.15, 0.2) is 0 Å². The molecule has 0 fully saturated rings. The van der Waals surface area contributed by atoms with Crippen LogP contribution in [0.3, 0.4) is 0 Å². The summed E-state index contributed by atoms with van der Waals surface area (Å²) in [5.41, 5.74) is 0.994. The highest BCUT2D eigenvalue weighted by Gasteiger charge is 2.31. The first-order chi connectivity index (χ1) is 4.42. The van der Waals surface area contributed by atoms with Crippen molar-refractivity contribution in [3.05, 3.63) is 11.6 Å². The summed E-state index contributed by atoms with van der Waals surface area (Å²) in [6.07, 6.45) is 1.64. The Kier molecular flexibility index (Phi) is 4.01. The summed E-state index contributed by atoms with van der Waals surface area (Å²) in [5, 5.41) is 0. The smallest absolute Gasteiger partial charge is 0.168 e. The second-order valence-electron chi connectivity index (χ2n) is 2.09. The maximum Gasteiger partial charge on any atom is 0.567 e. The van der Waals surface area contributed by atoms with E-state index in [0.717, 1.165) is 5.57 Å². The van der Waals surface area contributed by atoms with Crippen molar-refractivity contribution in [2.45, 2.75) is 13.8 Å². The van der Waals surface area contributed by atoms with Crippen LogP contribution in [-0.4, -0.2) is 21.3 Å². The van der Waals surface area contributed by atoms with Crippen LogP contribution in [0.5, 0.6) is 0 Å². The lowest BCUT2D eigenvalue weighted by atomic mass is 10.3. The van der Waals surface area contributed by atoms with Crippen LogP contribution in [0.2, 0.25) is 0 Å². The fourth-order valence-corrected chi connectivity index (χ4v) is 0.578. The first-order valence-electron chi connectivity index (χ1n) is 2.77. The van der Waals surface area contributed by atoms with Crippen LogP contribution >= 0.6 is 8.17 Å². The van der Waals surface area contributed by atoms with Gasteiger partial charge in [-0.1, -0.05) is 11.6 Å². The molecule has 0 aromatic rings. The van der Waals surface area contributed by atoms with E-state index in [-0.39, 0.29) is 6.61 Å². The van der Waals surface area contributed by atoms with Crippen LogP contribution in [-0.2, 0) is 4.52 Å². The van der Waals surface area contributed by atoms with Crippen LogP contribution in [0.4, 0.5) is 0 Å². The molecule has 60 valence electrons. The molecule has 0 saturated heterocycles. The predicted molar refractivity (Wildman–Crippen MR) is 39.0 cm³/mol. The minimum Gasteiger partial charge on any atom is -0.168 e. The summed E-state index contributed by atoms with van der Waals surface area (Å²) in [7, 11) is -4.02. The Morgan fingerprint density at radius 1 is 1.40 bits per heavy atom. The summed E-state index contributed by atoms with van der Waals surface area (Å²) in [6, 6.07) is 0. The largest absolute Gasteiger partial charge is 0.567 e. The van der Waals surface area contributed by atoms with E-state index in [1.165, 1.54) is 0 Å². The van der Waals surface area contributed by atoms with Crippen molar-refractivity contribution < 1.29 is 19.2 Å². The molecule has 0 aromatic carbocycles. The van der Waals surface area contributed by atoms with Crippen LogP contribution < -0.4 is 0 Å². The van der Waals surface area contributed by atoms with Gasteiger partial charge in [-0.25, -0.2) is 0 Å².